The van der Waals surface area contributed by atoms with Crippen molar-refractivity contribution in [1.82, 2.24) is 4.98 Å². The Kier molecular flexibility index (Phi) is 4.29. The number of nitrogens with two attached hydrogens (primary N) is 1. The van der Waals surface area contributed by atoms with Gasteiger partial charge in [0.15, 0.2) is 11.5 Å². The summed E-state index contributed by atoms with van der Waals surface area (Å²) in [5.74, 6) is -0.515. The van der Waals surface area contributed by atoms with Crippen molar-refractivity contribution < 1.29 is 18.3 Å². The molecule has 0 aliphatic rings. The maximum atomic E-state index is 14.2. The Hall–Kier alpha value is -2.65. The zero-order chi connectivity index (χ0) is 16.4. The summed E-state index contributed by atoms with van der Waals surface area (Å²) in [7, 11) is 1.10. The van der Waals surface area contributed by atoms with Crippen LogP contribution in [-0.4, -0.2) is 18.1 Å². The molecule has 112 valence electrons. The van der Waals surface area contributed by atoms with Crippen molar-refractivity contribution >= 4 is 23.3 Å². The van der Waals surface area contributed by atoms with Gasteiger partial charge in [-0.2, -0.15) is 0 Å². The number of benzene rings is 1. The molecule has 1 aromatic heterocycles. The molecule has 0 bridgehead atoms. The number of hydrogen-bond acceptors (Lipinski definition) is 4. The number of nitrogens with zero attached hydrogens (tertiary/aromatic N) is 1. The number of aromatic nitrogens is 1. The summed E-state index contributed by atoms with van der Waals surface area (Å²) in [4.78, 5) is 15.3. The predicted molar refractivity (Wildman–Crippen MR) is 78.3 cm³/mol. The molecule has 2 N–H and O–H groups in total. The Morgan fingerprint density at radius 3 is 2.68 bits per heavy atom. The number of esters is 1. The van der Waals surface area contributed by atoms with E-state index in [-0.39, 0.29) is 11.1 Å². The van der Waals surface area contributed by atoms with Crippen molar-refractivity contribution in [3.8, 4) is 23.6 Å². The molecule has 0 unspecified atom stereocenters. The minimum atomic E-state index is -1.04. The average Bonchev–Trinajstić information content (AvgIpc) is 2.52. The van der Waals surface area contributed by atoms with E-state index in [1.54, 1.807) is 0 Å². The SMILES string of the molecule is C#Cc1ccc(-c2nc(C(=O)OC)c(Cl)c(N)c2F)c(F)c1. The highest BCUT2D eigenvalue weighted by molar-refractivity contribution is 6.35. The Morgan fingerprint density at radius 1 is 1.45 bits per heavy atom. The molecule has 0 fully saturated rings. The Bertz CT molecular complexity index is 816. The molecule has 0 radical (unpaired) electrons. The van der Waals surface area contributed by atoms with E-state index in [2.05, 4.69) is 15.6 Å². The number of carbonyl (C=O) groups excluding carboxylic acids is 1. The molecule has 2 aromatic rings. The van der Waals surface area contributed by atoms with Gasteiger partial charge in [-0.1, -0.05) is 17.5 Å². The van der Waals surface area contributed by atoms with E-state index in [4.69, 9.17) is 23.8 Å². The minimum absolute atomic E-state index is 0.204. The second-order valence-corrected chi connectivity index (χ2v) is 4.56. The van der Waals surface area contributed by atoms with Crippen molar-refractivity contribution in [2.45, 2.75) is 0 Å². The van der Waals surface area contributed by atoms with Crippen LogP contribution in [0.3, 0.4) is 0 Å². The number of rotatable bonds is 2. The first-order valence-electron chi connectivity index (χ1n) is 5.90. The first-order chi connectivity index (χ1) is 10.4. The lowest BCUT2D eigenvalue weighted by Gasteiger charge is -2.11. The zero-order valence-corrected chi connectivity index (χ0v) is 12.0. The van der Waals surface area contributed by atoms with E-state index in [9.17, 15) is 13.6 Å². The monoisotopic (exact) mass is 322 g/mol. The van der Waals surface area contributed by atoms with Gasteiger partial charge in [-0.3, -0.25) is 0 Å². The van der Waals surface area contributed by atoms with Crippen LogP contribution in [0, 0.1) is 24.0 Å². The van der Waals surface area contributed by atoms with E-state index >= 15 is 0 Å². The number of anilines is 1. The van der Waals surface area contributed by atoms with E-state index in [1.165, 1.54) is 12.1 Å². The lowest BCUT2D eigenvalue weighted by Crippen LogP contribution is -2.10. The summed E-state index contributed by atoms with van der Waals surface area (Å²) in [6.07, 6.45) is 5.16. The van der Waals surface area contributed by atoms with Crippen LogP contribution < -0.4 is 5.73 Å². The standard InChI is InChI=1S/C15H9ClF2N2O2/c1-3-7-4-5-8(9(17)6-7)13-11(18)12(19)10(16)14(20-13)15(21)22-2/h1,4-6H,2H3,(H2,19,20). The Morgan fingerprint density at radius 2 is 2.14 bits per heavy atom. The van der Waals surface area contributed by atoms with Gasteiger partial charge >= 0.3 is 5.97 Å². The first-order valence-corrected chi connectivity index (χ1v) is 6.27. The number of hydrogen-bond donors (Lipinski definition) is 1. The largest absolute Gasteiger partial charge is 0.464 e. The third-order valence-corrected chi connectivity index (χ3v) is 3.26. The second-order valence-electron chi connectivity index (χ2n) is 4.18. The molecule has 0 atom stereocenters. The summed E-state index contributed by atoms with van der Waals surface area (Å²) >= 11 is 5.77. The van der Waals surface area contributed by atoms with Gasteiger partial charge in [0.25, 0.3) is 0 Å². The van der Waals surface area contributed by atoms with Gasteiger partial charge in [-0.05, 0) is 18.2 Å². The molecule has 1 aromatic carbocycles. The number of methoxy groups -OCH3 is 1. The predicted octanol–water partition coefficient (Wildman–Crippen LogP) is 3.03. The van der Waals surface area contributed by atoms with Crippen LogP contribution in [-0.2, 0) is 4.74 Å². The highest BCUT2D eigenvalue weighted by atomic mass is 35.5. The molecule has 0 spiro atoms. The third kappa shape index (κ3) is 2.59. The molecule has 0 saturated heterocycles. The van der Waals surface area contributed by atoms with Crippen molar-refractivity contribution in [3.63, 3.8) is 0 Å². The fraction of sp³-hybridized carbons (Fsp3) is 0.0667. The molecule has 22 heavy (non-hydrogen) atoms. The number of ether oxygens (including phenoxy) is 1. The van der Waals surface area contributed by atoms with Gasteiger partial charge in [0, 0.05) is 11.1 Å². The normalized spacial score (nSPS) is 10.1. The fourth-order valence-corrected chi connectivity index (χ4v) is 1.97. The molecular formula is C15H9ClF2N2O2. The number of carbonyl (C=O) groups is 1. The summed E-state index contributed by atoms with van der Waals surface area (Å²) in [6.45, 7) is 0. The summed E-state index contributed by atoms with van der Waals surface area (Å²) < 4.78 is 32.8. The molecule has 1 heterocycles. The second kappa shape index (κ2) is 6.00. The van der Waals surface area contributed by atoms with E-state index in [1.807, 2.05) is 0 Å². The topological polar surface area (TPSA) is 65.2 Å². The molecule has 2 rings (SSSR count). The van der Waals surface area contributed by atoms with Crippen molar-refractivity contribution in [2.75, 3.05) is 12.8 Å². The Labute approximate surface area is 129 Å². The number of pyridine rings is 1. The molecule has 0 saturated carbocycles. The van der Waals surface area contributed by atoms with Crippen LogP contribution in [0.4, 0.5) is 14.5 Å². The van der Waals surface area contributed by atoms with Crippen molar-refractivity contribution in [1.29, 1.82) is 0 Å². The van der Waals surface area contributed by atoms with Crippen LogP contribution in [0.5, 0.6) is 0 Å². The van der Waals surface area contributed by atoms with Crippen molar-refractivity contribution in [3.05, 3.63) is 46.1 Å². The lowest BCUT2D eigenvalue weighted by molar-refractivity contribution is 0.0594. The van der Waals surface area contributed by atoms with E-state index in [0.717, 1.165) is 13.2 Å². The fourth-order valence-electron chi connectivity index (χ4n) is 1.77. The number of nitrogen functional groups attached to an aromatic ring is 1. The van der Waals surface area contributed by atoms with Crippen LogP contribution >= 0.6 is 11.6 Å². The van der Waals surface area contributed by atoms with Gasteiger partial charge in [-0.15, -0.1) is 6.42 Å². The van der Waals surface area contributed by atoms with E-state index < -0.39 is 39.7 Å². The number of terminal acetylenes is 1. The molecule has 4 nitrogen and oxygen atoms in total. The molecule has 0 aliphatic heterocycles. The zero-order valence-electron chi connectivity index (χ0n) is 11.3. The first kappa shape index (κ1) is 15.7. The van der Waals surface area contributed by atoms with Gasteiger partial charge in [0.1, 0.15) is 11.5 Å². The molecular weight excluding hydrogens is 314 g/mol. The lowest BCUT2D eigenvalue weighted by atomic mass is 10.1. The van der Waals surface area contributed by atoms with Gasteiger partial charge < -0.3 is 10.5 Å². The highest BCUT2D eigenvalue weighted by Gasteiger charge is 2.24. The maximum Gasteiger partial charge on any atom is 0.358 e. The molecule has 0 aliphatic carbocycles. The van der Waals surface area contributed by atoms with Gasteiger partial charge in [0.05, 0.1) is 17.8 Å². The summed E-state index contributed by atoms with van der Waals surface area (Å²) in [6, 6.07) is 3.69. The maximum absolute atomic E-state index is 14.2. The van der Waals surface area contributed by atoms with E-state index in [0.29, 0.717) is 0 Å². The van der Waals surface area contributed by atoms with Crippen molar-refractivity contribution in [2.24, 2.45) is 0 Å². The average molecular weight is 323 g/mol. The Balaban J connectivity index is 2.73. The minimum Gasteiger partial charge on any atom is -0.464 e. The van der Waals surface area contributed by atoms with Crippen LogP contribution in [0.15, 0.2) is 18.2 Å². The highest BCUT2D eigenvalue weighted by Crippen LogP contribution is 2.33. The quantitative estimate of drug-likeness (QED) is 0.682. The summed E-state index contributed by atoms with van der Waals surface area (Å²) in [5, 5.41) is -0.395. The number of halogens is 3. The molecule has 7 heteroatoms. The summed E-state index contributed by atoms with van der Waals surface area (Å²) in [5.41, 5.74) is 4.20. The van der Waals surface area contributed by atoms with Crippen LogP contribution in [0.25, 0.3) is 11.3 Å². The van der Waals surface area contributed by atoms with Gasteiger partial charge in [0.2, 0.25) is 0 Å². The van der Waals surface area contributed by atoms with Crippen LogP contribution in [0.2, 0.25) is 5.02 Å². The smallest absolute Gasteiger partial charge is 0.358 e. The van der Waals surface area contributed by atoms with Crippen LogP contribution in [0.1, 0.15) is 16.1 Å². The third-order valence-electron chi connectivity index (χ3n) is 2.88. The molecule has 0 amide bonds. The van der Waals surface area contributed by atoms with Gasteiger partial charge in [-0.25, -0.2) is 18.6 Å².